The molecule has 3 aromatic rings. The number of nitrogens with one attached hydrogen (secondary N) is 1. The lowest BCUT2D eigenvalue weighted by Crippen LogP contribution is -2.40. The zero-order chi connectivity index (χ0) is 24.0. The van der Waals surface area contributed by atoms with Crippen LogP contribution in [0.2, 0.25) is 0 Å². The van der Waals surface area contributed by atoms with Gasteiger partial charge in [0.15, 0.2) is 0 Å². The van der Waals surface area contributed by atoms with E-state index in [9.17, 15) is 18.5 Å². The van der Waals surface area contributed by atoms with Gasteiger partial charge in [0, 0.05) is 31.3 Å². The number of hydrogen-bond acceptors (Lipinski definition) is 7. The second-order valence-electron chi connectivity index (χ2n) is 7.64. The van der Waals surface area contributed by atoms with E-state index in [1.165, 1.54) is 16.4 Å². The van der Waals surface area contributed by atoms with E-state index in [2.05, 4.69) is 10.5 Å². The van der Waals surface area contributed by atoms with Crippen molar-refractivity contribution in [1.82, 2.24) is 4.31 Å². The molecule has 1 aliphatic heterocycles. The molecule has 0 amide bonds. The molecule has 4 rings (SSSR count). The minimum absolute atomic E-state index is 0.0991. The molecule has 34 heavy (non-hydrogen) atoms. The third-order valence-corrected chi connectivity index (χ3v) is 7.39. The molecule has 1 heterocycles. The highest BCUT2D eigenvalue weighted by atomic mass is 32.2. The van der Waals surface area contributed by atoms with Crippen LogP contribution in [0.15, 0.2) is 88.9 Å². The molecule has 0 aromatic heterocycles. The Kier molecular flexibility index (Phi) is 7.31. The summed E-state index contributed by atoms with van der Waals surface area (Å²) in [4.78, 5) is 10.9. The summed E-state index contributed by atoms with van der Waals surface area (Å²) in [5.41, 5.74) is 4.48. The summed E-state index contributed by atoms with van der Waals surface area (Å²) in [6.07, 6.45) is 1.67. The molecule has 0 bridgehead atoms. The van der Waals surface area contributed by atoms with E-state index in [0.717, 1.165) is 17.2 Å². The minimum Gasteiger partial charge on any atom is -0.379 e. The summed E-state index contributed by atoms with van der Waals surface area (Å²) in [5.74, 6) is -0.171. The molecule has 0 aliphatic carbocycles. The van der Waals surface area contributed by atoms with Gasteiger partial charge in [-0.15, -0.1) is 0 Å². The van der Waals surface area contributed by atoms with Crippen molar-refractivity contribution in [3.63, 3.8) is 0 Å². The Balaban J connectivity index is 1.60. The first-order valence-electron chi connectivity index (χ1n) is 10.7. The highest BCUT2D eigenvalue weighted by molar-refractivity contribution is 7.89. The van der Waals surface area contributed by atoms with Gasteiger partial charge in [-0.2, -0.15) is 9.41 Å². The fourth-order valence-electron chi connectivity index (χ4n) is 3.72. The van der Waals surface area contributed by atoms with Crippen LogP contribution in [0.4, 0.5) is 11.4 Å². The fraction of sp³-hybridized carbons (Fsp3) is 0.208. The Bertz CT molecular complexity index is 1220. The number of rotatable bonds is 8. The van der Waals surface area contributed by atoms with Gasteiger partial charge in [0.1, 0.15) is 5.69 Å². The lowest BCUT2D eigenvalue weighted by molar-refractivity contribution is -0.384. The number of anilines is 1. The maximum atomic E-state index is 12.9. The van der Waals surface area contributed by atoms with Crippen molar-refractivity contribution in [2.24, 2.45) is 5.10 Å². The highest BCUT2D eigenvalue weighted by Crippen LogP contribution is 2.30. The predicted octanol–water partition coefficient (Wildman–Crippen LogP) is 3.85. The number of hydrazone groups is 1. The van der Waals surface area contributed by atoms with Gasteiger partial charge in [-0.1, -0.05) is 60.7 Å². The van der Waals surface area contributed by atoms with Gasteiger partial charge in [0.05, 0.1) is 23.0 Å². The standard InChI is InChI=1S/C24H24N4O5S/c29-28(30)24-17-21(34(31,32)27-13-15-33-16-14-27)11-12-23(24)26-25-18-22(19-7-3-1-4-8-19)20-9-5-2-6-10-20/h1-12,17-18,22,26H,13-16H2. The lowest BCUT2D eigenvalue weighted by Gasteiger charge is -2.26. The Hall–Kier alpha value is -3.60. The molecule has 0 unspecified atom stereocenters. The van der Waals surface area contributed by atoms with E-state index >= 15 is 0 Å². The first kappa shape index (κ1) is 23.6. The van der Waals surface area contributed by atoms with Crippen LogP contribution in [0.5, 0.6) is 0 Å². The van der Waals surface area contributed by atoms with Crippen LogP contribution >= 0.6 is 0 Å². The second-order valence-corrected chi connectivity index (χ2v) is 9.58. The van der Waals surface area contributed by atoms with Crippen molar-refractivity contribution in [2.75, 3.05) is 31.7 Å². The van der Waals surface area contributed by atoms with Crippen molar-refractivity contribution >= 4 is 27.6 Å². The number of benzene rings is 3. The van der Waals surface area contributed by atoms with E-state index in [0.29, 0.717) is 13.2 Å². The van der Waals surface area contributed by atoms with Gasteiger partial charge in [-0.25, -0.2) is 8.42 Å². The van der Waals surface area contributed by atoms with E-state index in [4.69, 9.17) is 4.74 Å². The largest absolute Gasteiger partial charge is 0.379 e. The van der Waals surface area contributed by atoms with Gasteiger partial charge in [0.25, 0.3) is 5.69 Å². The van der Waals surface area contributed by atoms with Gasteiger partial charge in [-0.3, -0.25) is 15.5 Å². The summed E-state index contributed by atoms with van der Waals surface area (Å²) >= 11 is 0. The number of nitro groups is 1. The monoisotopic (exact) mass is 480 g/mol. The number of hydrogen-bond donors (Lipinski definition) is 1. The number of nitro benzene ring substituents is 1. The van der Waals surface area contributed by atoms with Crippen LogP contribution in [0.3, 0.4) is 0 Å². The minimum atomic E-state index is -3.86. The second kappa shape index (κ2) is 10.6. The van der Waals surface area contributed by atoms with Crippen molar-refractivity contribution in [3.8, 4) is 0 Å². The highest BCUT2D eigenvalue weighted by Gasteiger charge is 2.29. The zero-order valence-electron chi connectivity index (χ0n) is 18.3. The molecular formula is C24H24N4O5S. The smallest absolute Gasteiger partial charge is 0.295 e. The van der Waals surface area contributed by atoms with E-state index in [1.54, 1.807) is 6.21 Å². The van der Waals surface area contributed by atoms with Crippen molar-refractivity contribution in [2.45, 2.75) is 10.8 Å². The topological polar surface area (TPSA) is 114 Å². The van der Waals surface area contributed by atoms with Crippen LogP contribution < -0.4 is 5.43 Å². The molecule has 1 saturated heterocycles. The van der Waals surface area contributed by atoms with Gasteiger partial charge in [0.2, 0.25) is 10.0 Å². The molecule has 1 N–H and O–H groups in total. The average molecular weight is 481 g/mol. The molecular weight excluding hydrogens is 456 g/mol. The zero-order valence-corrected chi connectivity index (χ0v) is 19.1. The summed E-state index contributed by atoms with van der Waals surface area (Å²) in [7, 11) is -3.86. The van der Waals surface area contributed by atoms with E-state index in [-0.39, 0.29) is 35.3 Å². The van der Waals surface area contributed by atoms with Crippen LogP contribution in [0, 0.1) is 10.1 Å². The van der Waals surface area contributed by atoms with E-state index < -0.39 is 14.9 Å². The van der Waals surface area contributed by atoms with Crippen molar-refractivity contribution in [1.29, 1.82) is 0 Å². The molecule has 0 atom stereocenters. The molecule has 0 spiro atoms. The van der Waals surface area contributed by atoms with E-state index in [1.807, 2.05) is 60.7 Å². The van der Waals surface area contributed by atoms with Crippen LogP contribution in [-0.4, -0.2) is 50.2 Å². The molecule has 1 aliphatic rings. The number of morpholine rings is 1. The third-order valence-electron chi connectivity index (χ3n) is 5.50. The van der Waals surface area contributed by atoms with Crippen LogP contribution in [-0.2, 0) is 14.8 Å². The Morgan fingerprint density at radius 1 is 0.971 bits per heavy atom. The maximum Gasteiger partial charge on any atom is 0.295 e. The summed E-state index contributed by atoms with van der Waals surface area (Å²) in [6, 6.07) is 23.3. The first-order valence-corrected chi connectivity index (χ1v) is 12.2. The van der Waals surface area contributed by atoms with Crippen LogP contribution in [0.25, 0.3) is 0 Å². The van der Waals surface area contributed by atoms with Gasteiger partial charge >= 0.3 is 0 Å². The van der Waals surface area contributed by atoms with Gasteiger partial charge in [-0.05, 0) is 23.3 Å². The number of ether oxygens (including phenoxy) is 1. The summed E-state index contributed by atoms with van der Waals surface area (Å²) in [5, 5.41) is 16.0. The Morgan fingerprint density at radius 3 is 2.12 bits per heavy atom. The van der Waals surface area contributed by atoms with Crippen molar-refractivity contribution < 1.29 is 18.1 Å². The SMILES string of the molecule is O=[N+]([O-])c1cc(S(=O)(=O)N2CCOCC2)ccc1NN=CC(c1ccccc1)c1ccccc1. The normalized spacial score (nSPS) is 15.0. The number of nitrogens with zero attached hydrogens (tertiary/aromatic N) is 3. The molecule has 10 heteroatoms. The Labute approximate surface area is 197 Å². The molecule has 1 fully saturated rings. The molecule has 9 nitrogen and oxygen atoms in total. The predicted molar refractivity (Wildman–Crippen MR) is 130 cm³/mol. The van der Waals surface area contributed by atoms with Crippen LogP contribution in [0.1, 0.15) is 17.0 Å². The molecule has 3 aromatic carbocycles. The quantitative estimate of drug-likeness (QED) is 0.298. The van der Waals surface area contributed by atoms with Crippen molar-refractivity contribution in [3.05, 3.63) is 100 Å². The molecule has 0 saturated carbocycles. The lowest BCUT2D eigenvalue weighted by atomic mass is 9.92. The average Bonchev–Trinajstić information content (AvgIpc) is 2.88. The first-order chi connectivity index (χ1) is 16.5. The summed E-state index contributed by atoms with van der Waals surface area (Å²) in [6.45, 7) is 1.00. The fourth-order valence-corrected chi connectivity index (χ4v) is 5.15. The molecule has 176 valence electrons. The third kappa shape index (κ3) is 5.30. The summed E-state index contributed by atoms with van der Waals surface area (Å²) < 4.78 is 32.2. The maximum absolute atomic E-state index is 12.9. The Morgan fingerprint density at radius 2 is 1.56 bits per heavy atom. The number of sulfonamides is 1. The van der Waals surface area contributed by atoms with Gasteiger partial charge < -0.3 is 4.74 Å². The molecule has 0 radical (unpaired) electrons.